The van der Waals surface area contributed by atoms with E-state index in [0.717, 1.165) is 17.8 Å². The van der Waals surface area contributed by atoms with Crippen LogP contribution < -0.4 is 10.6 Å². The predicted molar refractivity (Wildman–Crippen MR) is 80.5 cm³/mol. The minimum atomic E-state index is -2.69. The molecule has 2 N–H and O–H groups in total. The molecule has 0 aliphatic carbocycles. The van der Waals surface area contributed by atoms with Crippen molar-refractivity contribution in [2.45, 2.75) is 19.0 Å². The van der Waals surface area contributed by atoms with Crippen LogP contribution in [0, 0.1) is 0 Å². The Hall–Kier alpha value is -1.08. The normalized spacial score (nSPS) is 13.1. The molecule has 1 atom stereocenters. The first kappa shape index (κ1) is 16.0. The Labute approximate surface area is 116 Å². The van der Waals surface area contributed by atoms with E-state index in [4.69, 9.17) is 13.3 Å². The lowest BCUT2D eigenvalue weighted by molar-refractivity contribution is 0.115. The smallest absolute Gasteiger partial charge is 0.388 e. The lowest BCUT2D eigenvalue weighted by Crippen LogP contribution is -2.57. The second-order valence-corrected chi connectivity index (χ2v) is 7.28. The summed E-state index contributed by atoms with van der Waals surface area (Å²) in [5.74, 6) is 0. The number of anilines is 2. The van der Waals surface area contributed by atoms with Gasteiger partial charge in [-0.05, 0) is 24.6 Å². The summed E-state index contributed by atoms with van der Waals surface area (Å²) in [5, 5.41) is 6.56. The molecule has 0 aliphatic rings. The molecule has 0 aliphatic heterocycles. The molecule has 0 saturated heterocycles. The summed E-state index contributed by atoms with van der Waals surface area (Å²) in [6.45, 7) is 2.08. The molecule has 0 radical (unpaired) electrons. The average Bonchev–Trinajstić information content (AvgIpc) is 2.48. The first-order valence-corrected chi connectivity index (χ1v) is 8.15. The molecule has 1 rings (SSSR count). The third-order valence-electron chi connectivity index (χ3n) is 3.18. The standard InChI is InChI=1S/C13H24N2O3Si/c1-6-13(19(16-3,17-4)18-5)15-12-9-7-8-11(10-12)14-2/h7-10,13-15H,6H2,1-5H3. The van der Waals surface area contributed by atoms with Gasteiger partial charge < -0.3 is 23.9 Å². The summed E-state index contributed by atoms with van der Waals surface area (Å²) < 4.78 is 16.6. The van der Waals surface area contributed by atoms with Gasteiger partial charge in [-0.2, -0.15) is 0 Å². The van der Waals surface area contributed by atoms with Crippen LogP contribution in [-0.4, -0.2) is 42.8 Å². The summed E-state index contributed by atoms with van der Waals surface area (Å²) >= 11 is 0. The minimum absolute atomic E-state index is 0.0135. The van der Waals surface area contributed by atoms with Gasteiger partial charge in [0.05, 0.1) is 5.67 Å². The van der Waals surface area contributed by atoms with Gasteiger partial charge in [-0.25, -0.2) is 0 Å². The average molecular weight is 284 g/mol. The van der Waals surface area contributed by atoms with Gasteiger partial charge in [-0.3, -0.25) is 0 Å². The fourth-order valence-corrected chi connectivity index (χ4v) is 4.28. The van der Waals surface area contributed by atoms with E-state index in [1.54, 1.807) is 21.3 Å². The van der Waals surface area contributed by atoms with Crippen LogP contribution in [0.5, 0.6) is 0 Å². The first-order valence-electron chi connectivity index (χ1n) is 6.35. The van der Waals surface area contributed by atoms with Gasteiger partial charge >= 0.3 is 8.80 Å². The summed E-state index contributed by atoms with van der Waals surface area (Å²) in [4.78, 5) is 0. The highest BCUT2D eigenvalue weighted by Gasteiger charge is 2.46. The molecule has 5 nitrogen and oxygen atoms in total. The second-order valence-electron chi connectivity index (χ2n) is 4.15. The van der Waals surface area contributed by atoms with Crippen molar-refractivity contribution in [2.24, 2.45) is 0 Å². The van der Waals surface area contributed by atoms with Crippen LogP contribution in [0.15, 0.2) is 24.3 Å². The van der Waals surface area contributed by atoms with Crippen LogP contribution in [0.3, 0.4) is 0 Å². The minimum Gasteiger partial charge on any atom is -0.388 e. The van der Waals surface area contributed by atoms with Crippen molar-refractivity contribution in [3.05, 3.63) is 24.3 Å². The third kappa shape index (κ3) is 3.70. The molecule has 0 aromatic heterocycles. The molecule has 1 unspecified atom stereocenters. The Balaban J connectivity index is 2.91. The number of rotatable bonds is 8. The van der Waals surface area contributed by atoms with Crippen LogP contribution in [0.2, 0.25) is 0 Å². The molecule has 0 heterocycles. The SMILES string of the molecule is CCC(Nc1cccc(NC)c1)[Si](OC)(OC)OC. The molecule has 0 fully saturated rings. The Morgan fingerprint density at radius 2 is 1.68 bits per heavy atom. The zero-order valence-electron chi connectivity index (χ0n) is 12.3. The number of nitrogens with one attached hydrogen (secondary N) is 2. The van der Waals surface area contributed by atoms with E-state index in [1.165, 1.54) is 0 Å². The molecular formula is C13H24N2O3Si. The second kappa shape index (κ2) is 7.49. The van der Waals surface area contributed by atoms with Crippen LogP contribution in [-0.2, 0) is 13.3 Å². The van der Waals surface area contributed by atoms with E-state index in [2.05, 4.69) is 17.6 Å². The van der Waals surface area contributed by atoms with Gasteiger partial charge in [-0.15, -0.1) is 0 Å². The summed E-state index contributed by atoms with van der Waals surface area (Å²) in [7, 11) is 4.11. The fraction of sp³-hybridized carbons (Fsp3) is 0.538. The maximum Gasteiger partial charge on any atom is 0.523 e. The highest BCUT2D eigenvalue weighted by atomic mass is 28.4. The molecule has 108 valence electrons. The number of hydrogen-bond donors (Lipinski definition) is 2. The highest BCUT2D eigenvalue weighted by molar-refractivity contribution is 6.63. The first-order chi connectivity index (χ1) is 9.15. The van der Waals surface area contributed by atoms with E-state index in [9.17, 15) is 0 Å². The zero-order valence-corrected chi connectivity index (χ0v) is 13.3. The summed E-state index contributed by atoms with van der Waals surface area (Å²) in [6.07, 6.45) is 0.853. The molecule has 0 saturated carbocycles. The van der Waals surface area contributed by atoms with Gasteiger partial charge in [0.15, 0.2) is 0 Å². The molecule has 0 spiro atoms. The maximum absolute atomic E-state index is 5.53. The van der Waals surface area contributed by atoms with Crippen LogP contribution in [0.4, 0.5) is 11.4 Å². The summed E-state index contributed by atoms with van der Waals surface area (Å²) in [5.41, 5.74) is 2.08. The lowest BCUT2D eigenvalue weighted by Gasteiger charge is -2.32. The van der Waals surface area contributed by atoms with E-state index in [-0.39, 0.29) is 5.67 Å². The zero-order chi connectivity index (χ0) is 14.3. The van der Waals surface area contributed by atoms with Crippen molar-refractivity contribution in [1.82, 2.24) is 0 Å². The third-order valence-corrected chi connectivity index (χ3v) is 6.29. The maximum atomic E-state index is 5.53. The van der Waals surface area contributed by atoms with Crippen molar-refractivity contribution in [2.75, 3.05) is 39.0 Å². The number of benzene rings is 1. The molecule has 6 heteroatoms. The van der Waals surface area contributed by atoms with E-state index in [0.29, 0.717) is 0 Å². The molecule has 19 heavy (non-hydrogen) atoms. The van der Waals surface area contributed by atoms with E-state index in [1.807, 2.05) is 31.3 Å². The van der Waals surface area contributed by atoms with E-state index < -0.39 is 8.80 Å². The Kier molecular flexibility index (Phi) is 6.30. The molecule has 0 bridgehead atoms. The molecular weight excluding hydrogens is 260 g/mol. The quantitative estimate of drug-likeness (QED) is 0.718. The monoisotopic (exact) mass is 284 g/mol. The summed E-state index contributed by atoms with van der Waals surface area (Å²) in [6, 6.07) is 8.07. The molecule has 0 amide bonds. The van der Waals surface area contributed by atoms with Gasteiger partial charge in [-0.1, -0.05) is 13.0 Å². The Bertz CT molecular complexity index is 378. The van der Waals surface area contributed by atoms with Crippen molar-refractivity contribution in [3.63, 3.8) is 0 Å². The fourth-order valence-electron chi connectivity index (χ4n) is 2.08. The van der Waals surface area contributed by atoms with Crippen LogP contribution >= 0.6 is 0 Å². The van der Waals surface area contributed by atoms with Crippen LogP contribution in [0.25, 0.3) is 0 Å². The Morgan fingerprint density at radius 3 is 2.16 bits per heavy atom. The number of hydrogen-bond acceptors (Lipinski definition) is 5. The van der Waals surface area contributed by atoms with Gasteiger partial charge in [0, 0.05) is 39.8 Å². The lowest BCUT2D eigenvalue weighted by atomic mass is 10.2. The molecule has 1 aromatic rings. The van der Waals surface area contributed by atoms with E-state index >= 15 is 0 Å². The Morgan fingerprint density at radius 1 is 1.11 bits per heavy atom. The van der Waals surface area contributed by atoms with Gasteiger partial charge in [0.1, 0.15) is 0 Å². The largest absolute Gasteiger partial charge is 0.523 e. The predicted octanol–water partition coefficient (Wildman–Crippen LogP) is 2.34. The van der Waals surface area contributed by atoms with Crippen molar-refractivity contribution >= 4 is 20.2 Å². The topological polar surface area (TPSA) is 51.8 Å². The highest BCUT2D eigenvalue weighted by Crippen LogP contribution is 2.21. The molecule has 1 aromatic carbocycles. The van der Waals surface area contributed by atoms with Crippen LogP contribution in [0.1, 0.15) is 13.3 Å². The van der Waals surface area contributed by atoms with Crippen molar-refractivity contribution in [1.29, 1.82) is 0 Å². The van der Waals surface area contributed by atoms with Gasteiger partial charge in [0.2, 0.25) is 0 Å². The van der Waals surface area contributed by atoms with Crippen molar-refractivity contribution in [3.8, 4) is 0 Å². The van der Waals surface area contributed by atoms with Crippen molar-refractivity contribution < 1.29 is 13.3 Å². The van der Waals surface area contributed by atoms with Gasteiger partial charge in [0.25, 0.3) is 0 Å².